The third-order valence-corrected chi connectivity index (χ3v) is 5.18. The van der Waals surface area contributed by atoms with Crippen molar-refractivity contribution in [2.75, 3.05) is 18.8 Å². The summed E-state index contributed by atoms with van der Waals surface area (Å²) in [5.41, 5.74) is 0. The van der Waals surface area contributed by atoms with Crippen LogP contribution in [0.3, 0.4) is 0 Å². The molecule has 0 aromatic rings. The Morgan fingerprint density at radius 1 is 1.47 bits per heavy atom. The lowest BCUT2D eigenvalue weighted by Crippen LogP contribution is -2.37. The Labute approximate surface area is 102 Å². The molecular formula is C10H18BrNO2S. The first-order chi connectivity index (χ1) is 6.84. The van der Waals surface area contributed by atoms with Gasteiger partial charge in [-0.25, -0.2) is 0 Å². The fraction of sp³-hybridized carbons (Fsp3) is 0.900. The molecule has 1 aliphatic heterocycles. The van der Waals surface area contributed by atoms with Gasteiger partial charge >= 0.3 is 0 Å². The molecule has 2 unspecified atom stereocenters. The van der Waals surface area contributed by atoms with Crippen molar-refractivity contribution in [1.29, 1.82) is 0 Å². The van der Waals surface area contributed by atoms with Gasteiger partial charge in [0.25, 0.3) is 0 Å². The second kappa shape index (κ2) is 4.95. The third-order valence-electron chi connectivity index (χ3n) is 2.80. The van der Waals surface area contributed by atoms with E-state index in [1.807, 2.05) is 25.7 Å². The molecule has 1 aliphatic rings. The van der Waals surface area contributed by atoms with E-state index >= 15 is 0 Å². The zero-order valence-electron chi connectivity index (χ0n) is 9.46. The van der Waals surface area contributed by atoms with Crippen molar-refractivity contribution < 1.29 is 9.00 Å². The average molecular weight is 296 g/mol. The lowest BCUT2D eigenvalue weighted by molar-refractivity contribution is -0.129. The van der Waals surface area contributed by atoms with Crippen LogP contribution in [0.5, 0.6) is 0 Å². The van der Waals surface area contributed by atoms with Gasteiger partial charge in [-0.15, -0.1) is 0 Å². The first-order valence-electron chi connectivity index (χ1n) is 5.16. The van der Waals surface area contributed by atoms with Crippen molar-refractivity contribution in [1.82, 2.24) is 4.90 Å². The Hall–Kier alpha value is 0.1000. The molecule has 3 nitrogen and oxygen atoms in total. The molecule has 0 bridgehead atoms. The minimum Gasteiger partial charge on any atom is -0.341 e. The van der Waals surface area contributed by atoms with E-state index in [1.165, 1.54) is 0 Å². The van der Waals surface area contributed by atoms with Crippen molar-refractivity contribution in [2.45, 2.75) is 36.8 Å². The summed E-state index contributed by atoms with van der Waals surface area (Å²) >= 11 is 3.28. The number of carbonyl (C=O) groups excluding carboxylic acids is 1. The van der Waals surface area contributed by atoms with Crippen LogP contribution in [0.15, 0.2) is 0 Å². The minimum atomic E-state index is -0.828. The van der Waals surface area contributed by atoms with Gasteiger partial charge in [-0.3, -0.25) is 9.00 Å². The molecule has 0 spiro atoms. The maximum atomic E-state index is 11.8. The van der Waals surface area contributed by atoms with Crippen LogP contribution in [-0.4, -0.2) is 43.4 Å². The molecule has 0 aromatic heterocycles. The molecule has 15 heavy (non-hydrogen) atoms. The van der Waals surface area contributed by atoms with Gasteiger partial charge in [-0.2, -0.15) is 0 Å². The molecule has 0 radical (unpaired) electrons. The van der Waals surface area contributed by atoms with Gasteiger partial charge in [0.1, 0.15) is 0 Å². The van der Waals surface area contributed by atoms with Crippen LogP contribution >= 0.6 is 15.9 Å². The summed E-state index contributed by atoms with van der Waals surface area (Å²) in [7, 11) is -0.828. The first kappa shape index (κ1) is 13.2. The Morgan fingerprint density at radius 3 is 2.60 bits per heavy atom. The topological polar surface area (TPSA) is 37.4 Å². The summed E-state index contributed by atoms with van der Waals surface area (Å²) in [4.78, 5) is 13.4. The highest BCUT2D eigenvalue weighted by Crippen LogP contribution is 2.22. The number of hydrogen-bond donors (Lipinski definition) is 0. The van der Waals surface area contributed by atoms with Gasteiger partial charge in [-0.05, 0) is 27.2 Å². The normalized spacial score (nSPS) is 28.3. The molecule has 0 N–H and O–H groups in total. The summed E-state index contributed by atoms with van der Waals surface area (Å²) < 4.78 is 11.7. The quantitative estimate of drug-likeness (QED) is 0.688. The van der Waals surface area contributed by atoms with Crippen LogP contribution in [0.2, 0.25) is 0 Å². The summed E-state index contributed by atoms with van der Waals surface area (Å²) in [6.45, 7) is 7.18. The van der Waals surface area contributed by atoms with E-state index in [0.29, 0.717) is 18.8 Å². The maximum absolute atomic E-state index is 11.8. The number of rotatable bonds is 1. The number of carbonyl (C=O) groups is 1. The highest BCUT2D eigenvalue weighted by Gasteiger charge is 2.31. The molecule has 1 fully saturated rings. The zero-order chi connectivity index (χ0) is 11.6. The Morgan fingerprint density at radius 2 is 2.07 bits per heavy atom. The summed E-state index contributed by atoms with van der Waals surface area (Å²) in [6, 6.07) is 0. The van der Waals surface area contributed by atoms with Gasteiger partial charge in [0, 0.05) is 34.4 Å². The van der Waals surface area contributed by atoms with E-state index in [2.05, 4.69) is 15.9 Å². The molecule has 0 aliphatic carbocycles. The standard InChI is InChI=1S/C10H18BrNO2S/c1-8(11)9(13)12-5-4-10(2,3)15(14)7-6-12/h8H,4-7H2,1-3H3. The van der Waals surface area contributed by atoms with Gasteiger partial charge in [-0.1, -0.05) is 15.9 Å². The molecule has 5 heteroatoms. The van der Waals surface area contributed by atoms with Crippen molar-refractivity contribution in [3.05, 3.63) is 0 Å². The number of halogens is 1. The Bertz CT molecular complexity index is 279. The van der Waals surface area contributed by atoms with E-state index < -0.39 is 10.8 Å². The predicted octanol–water partition coefficient (Wildman–Crippen LogP) is 1.53. The van der Waals surface area contributed by atoms with E-state index in [-0.39, 0.29) is 15.5 Å². The molecule has 1 heterocycles. The SMILES string of the molecule is CC(Br)C(=O)N1CCS(=O)C(C)(C)CC1. The van der Waals surface area contributed by atoms with Crippen LogP contribution < -0.4 is 0 Å². The van der Waals surface area contributed by atoms with Crippen LogP contribution in [0.25, 0.3) is 0 Å². The van der Waals surface area contributed by atoms with Gasteiger partial charge in [0.05, 0.1) is 4.83 Å². The minimum absolute atomic E-state index is 0.102. The zero-order valence-corrected chi connectivity index (χ0v) is 11.9. The van der Waals surface area contributed by atoms with E-state index in [0.717, 1.165) is 6.42 Å². The number of alkyl halides is 1. The van der Waals surface area contributed by atoms with Crippen LogP contribution in [0.4, 0.5) is 0 Å². The summed E-state index contributed by atoms with van der Waals surface area (Å²) in [6.07, 6.45) is 0.811. The molecule has 2 atom stereocenters. The van der Waals surface area contributed by atoms with Crippen molar-refractivity contribution in [3.63, 3.8) is 0 Å². The maximum Gasteiger partial charge on any atom is 0.236 e. The summed E-state index contributed by atoms with van der Waals surface area (Å²) in [5, 5.41) is 0. The van der Waals surface area contributed by atoms with Gasteiger partial charge in [0.2, 0.25) is 5.91 Å². The molecular weight excluding hydrogens is 278 g/mol. The van der Waals surface area contributed by atoms with Crippen LogP contribution in [0, 0.1) is 0 Å². The smallest absolute Gasteiger partial charge is 0.236 e. The van der Waals surface area contributed by atoms with E-state index in [1.54, 1.807) is 0 Å². The Kier molecular flexibility index (Phi) is 4.35. The highest BCUT2D eigenvalue weighted by atomic mass is 79.9. The summed E-state index contributed by atoms with van der Waals surface area (Å²) in [5.74, 6) is 0.697. The monoisotopic (exact) mass is 295 g/mol. The molecule has 1 saturated heterocycles. The lowest BCUT2D eigenvalue weighted by Gasteiger charge is -2.23. The fourth-order valence-corrected chi connectivity index (χ4v) is 3.12. The third kappa shape index (κ3) is 3.28. The average Bonchev–Trinajstić information content (AvgIpc) is 2.27. The largest absolute Gasteiger partial charge is 0.341 e. The van der Waals surface area contributed by atoms with Gasteiger partial charge < -0.3 is 4.90 Å². The number of hydrogen-bond acceptors (Lipinski definition) is 2. The number of amides is 1. The molecule has 1 rings (SSSR count). The molecule has 0 saturated carbocycles. The first-order valence-corrected chi connectivity index (χ1v) is 7.39. The molecule has 88 valence electrons. The second-order valence-electron chi connectivity index (χ2n) is 4.50. The van der Waals surface area contributed by atoms with Crippen molar-refractivity contribution >= 4 is 32.6 Å². The number of nitrogens with zero attached hydrogens (tertiary/aromatic N) is 1. The van der Waals surface area contributed by atoms with Crippen LogP contribution in [0.1, 0.15) is 27.2 Å². The van der Waals surface area contributed by atoms with Crippen LogP contribution in [-0.2, 0) is 15.6 Å². The van der Waals surface area contributed by atoms with E-state index in [9.17, 15) is 9.00 Å². The predicted molar refractivity (Wildman–Crippen MR) is 66.7 cm³/mol. The van der Waals surface area contributed by atoms with Crippen molar-refractivity contribution in [3.8, 4) is 0 Å². The molecule has 0 aromatic carbocycles. The van der Waals surface area contributed by atoms with Gasteiger partial charge in [0.15, 0.2) is 0 Å². The fourth-order valence-electron chi connectivity index (χ4n) is 1.57. The second-order valence-corrected chi connectivity index (χ2v) is 8.08. The lowest BCUT2D eigenvalue weighted by atomic mass is 10.1. The Balaban J connectivity index is 2.68. The molecule has 1 amide bonds. The highest BCUT2D eigenvalue weighted by molar-refractivity contribution is 9.10. The van der Waals surface area contributed by atoms with E-state index in [4.69, 9.17) is 0 Å². The van der Waals surface area contributed by atoms with Crippen molar-refractivity contribution in [2.24, 2.45) is 0 Å².